The third kappa shape index (κ3) is 8.71. The Kier molecular flexibility index (Phi) is 10.8. The maximum atomic E-state index is 15.6. The molecule has 0 unspecified atom stereocenters. The number of fused-ring (bicyclic) bond motifs is 5. The number of anilines is 2. The van der Waals surface area contributed by atoms with E-state index in [1.165, 1.54) is 16.0 Å². The topological polar surface area (TPSA) is 169 Å². The Labute approximate surface area is 394 Å². The van der Waals surface area contributed by atoms with Gasteiger partial charge in [0.15, 0.2) is 22.3 Å². The smallest absolute Gasteiger partial charge is 0.435 e. The predicted molar refractivity (Wildman–Crippen MR) is 240 cm³/mol. The molecule has 2 amide bonds. The first-order valence-electron chi connectivity index (χ1n) is 22.0. The molecule has 10 rings (SSSR count). The van der Waals surface area contributed by atoms with Gasteiger partial charge in [-0.25, -0.2) is 27.0 Å². The number of amides is 2. The lowest BCUT2D eigenvalue weighted by atomic mass is 9.72. The summed E-state index contributed by atoms with van der Waals surface area (Å²) in [6.45, 7) is 6.69. The van der Waals surface area contributed by atoms with Crippen LogP contribution in [0.4, 0.5) is 46.5 Å². The number of aryl methyl sites for hydroxylation is 1. The highest BCUT2D eigenvalue weighted by Crippen LogP contribution is 2.68. The Hall–Kier alpha value is -6.04. The number of benzene rings is 2. The Morgan fingerprint density at radius 1 is 0.986 bits per heavy atom. The molecule has 2 aromatic carbocycles. The van der Waals surface area contributed by atoms with E-state index in [2.05, 4.69) is 25.1 Å². The van der Waals surface area contributed by atoms with Gasteiger partial charge in [0, 0.05) is 72.7 Å². The minimum absolute atomic E-state index is 0.00979. The minimum Gasteiger partial charge on any atom is -0.444 e. The van der Waals surface area contributed by atoms with Crippen LogP contribution in [0.2, 0.25) is 0 Å². The summed E-state index contributed by atoms with van der Waals surface area (Å²) in [6, 6.07) is 8.12. The molecule has 1 spiro atoms. The number of ether oxygens (including phenoxy) is 1. The number of nitrogens with zero attached hydrogens (tertiary/aromatic N) is 8. The quantitative estimate of drug-likeness (QED) is 0.128. The first-order chi connectivity index (χ1) is 32.3. The molecular weight excluding hydrogens is 958 g/mol. The monoisotopic (exact) mass is 1000 g/mol. The number of carbonyl (C=O) groups is 2. The second-order valence-corrected chi connectivity index (χ2v) is 22.3. The van der Waals surface area contributed by atoms with Gasteiger partial charge in [0.25, 0.3) is 5.92 Å². The van der Waals surface area contributed by atoms with Crippen molar-refractivity contribution in [2.45, 2.75) is 82.7 Å². The van der Waals surface area contributed by atoms with Crippen molar-refractivity contribution in [1.29, 1.82) is 0 Å². The number of carbonyl (C=O) groups excluding carboxylic acids is 2. The second-order valence-electron chi connectivity index (χ2n) is 19.6. The lowest BCUT2D eigenvalue weighted by molar-refractivity contribution is -0.142. The predicted octanol–water partition coefficient (Wildman–Crippen LogP) is 8.26. The lowest BCUT2D eigenvalue weighted by Gasteiger charge is -2.53. The van der Waals surface area contributed by atoms with Crippen molar-refractivity contribution in [3.63, 3.8) is 0 Å². The molecule has 3 fully saturated rings. The van der Waals surface area contributed by atoms with Crippen molar-refractivity contribution < 1.29 is 53.5 Å². The summed E-state index contributed by atoms with van der Waals surface area (Å²) in [5, 5.41) is 11.6. The number of piperidine rings is 1. The highest BCUT2D eigenvalue weighted by Gasteiger charge is 2.68. The van der Waals surface area contributed by atoms with Crippen LogP contribution in [0.5, 0.6) is 0 Å². The summed E-state index contributed by atoms with van der Waals surface area (Å²) >= 11 is 1.33. The number of hydrogen-bond acceptors (Lipinski definition) is 11. The number of rotatable bonds is 10. The number of hydrogen-bond donors (Lipinski definition) is 2. The lowest BCUT2D eigenvalue weighted by Crippen LogP contribution is -2.62. The van der Waals surface area contributed by atoms with E-state index in [0.717, 1.165) is 31.2 Å². The van der Waals surface area contributed by atoms with Gasteiger partial charge in [-0.15, -0.1) is 0 Å². The van der Waals surface area contributed by atoms with E-state index in [4.69, 9.17) is 14.7 Å². The molecule has 4 aromatic heterocycles. The van der Waals surface area contributed by atoms with Gasteiger partial charge in [0.2, 0.25) is 15.9 Å². The average Bonchev–Trinajstić information content (AvgIpc) is 3.49. The number of thiazole rings is 1. The summed E-state index contributed by atoms with van der Waals surface area (Å²) in [7, 11) is -2.22. The molecule has 15 nitrogen and oxygen atoms in total. The average molecular weight is 1000 g/mol. The fraction of sp³-hybridized carbons (Fsp3) is 0.467. The van der Waals surface area contributed by atoms with Gasteiger partial charge < -0.3 is 19.9 Å². The van der Waals surface area contributed by atoms with Gasteiger partial charge in [0.05, 0.1) is 28.2 Å². The number of aromatic nitrogens is 6. The number of para-hydroxylation sites is 1. The zero-order valence-corrected chi connectivity index (χ0v) is 39.4. The van der Waals surface area contributed by atoms with Crippen LogP contribution in [-0.2, 0) is 51.7 Å². The molecule has 3 atom stereocenters. The Morgan fingerprint density at radius 3 is 2.33 bits per heavy atom. The van der Waals surface area contributed by atoms with Crippen molar-refractivity contribution in [2.75, 3.05) is 42.1 Å². The Morgan fingerprint density at radius 2 is 1.68 bits per heavy atom. The normalized spacial score (nSPS) is 19.9. The number of pyridine rings is 1. The molecule has 2 saturated heterocycles. The molecule has 366 valence electrons. The number of sulfonamides is 1. The van der Waals surface area contributed by atoms with E-state index in [0.29, 0.717) is 68.8 Å². The molecule has 2 aliphatic carbocycles. The first kappa shape index (κ1) is 46.7. The number of nitrogens with one attached hydrogen (secondary N) is 2. The van der Waals surface area contributed by atoms with Crippen LogP contribution in [0, 0.1) is 23.0 Å². The summed E-state index contributed by atoms with van der Waals surface area (Å²) in [5.41, 5.74) is -2.30. The largest absolute Gasteiger partial charge is 0.444 e. The summed E-state index contributed by atoms with van der Waals surface area (Å²) in [4.78, 5) is 40.6. The summed E-state index contributed by atoms with van der Waals surface area (Å²) in [5.74, 6) is -9.01. The highest BCUT2D eigenvalue weighted by molar-refractivity contribution is 7.92. The molecule has 2 aliphatic heterocycles. The fourth-order valence-electron chi connectivity index (χ4n) is 10.1. The van der Waals surface area contributed by atoms with Crippen molar-refractivity contribution in [3.05, 3.63) is 82.3 Å². The van der Waals surface area contributed by atoms with Crippen LogP contribution in [0.1, 0.15) is 80.2 Å². The standard InChI is InChI=1S/C45H45F7N10O5S2/c1-42(2,3)67-41(64)61-20-43(21-61)9-11-60(12-10-43)40-55-39-31(68-40)18-27(25-7-6-8-26-35(25)59(4)57-38(26)58-69(5,65)66)34(54-39)30(15-22-13-23(46)16-24(47)14-22)53-32(63)19-62-37-33(36(56-62)45(50,51)52)28-17-29(28)44(37,48)49/h6-8,13-14,16,18,28-30H,9-12,15,17,19-21H2,1-5H3,(H,53,63)(H,57,58)/t28-,29+,30-/m0/s1. The fourth-order valence-corrected chi connectivity index (χ4v) is 11.6. The number of alkyl halides is 5. The van der Waals surface area contributed by atoms with Crippen LogP contribution in [0.3, 0.4) is 0 Å². The molecule has 24 heteroatoms. The number of halogens is 7. The third-order valence-corrected chi connectivity index (χ3v) is 14.8. The van der Waals surface area contributed by atoms with Crippen molar-refractivity contribution in [2.24, 2.45) is 18.4 Å². The molecule has 4 aliphatic rings. The zero-order chi connectivity index (χ0) is 49.3. The van der Waals surface area contributed by atoms with E-state index in [9.17, 15) is 40.0 Å². The summed E-state index contributed by atoms with van der Waals surface area (Å²) in [6.07, 6.45) is -3.46. The maximum absolute atomic E-state index is 15.6. The van der Waals surface area contributed by atoms with Gasteiger partial charge in [-0.05, 0) is 82.2 Å². The molecule has 6 aromatic rings. The minimum atomic E-state index is -5.08. The second kappa shape index (κ2) is 16.0. The van der Waals surface area contributed by atoms with Gasteiger partial charge in [-0.2, -0.15) is 37.1 Å². The van der Waals surface area contributed by atoms with Crippen LogP contribution in [0.25, 0.3) is 32.4 Å². The van der Waals surface area contributed by atoms with Gasteiger partial charge in [0.1, 0.15) is 29.5 Å². The molecule has 69 heavy (non-hydrogen) atoms. The van der Waals surface area contributed by atoms with E-state index >= 15 is 8.78 Å². The molecule has 0 radical (unpaired) electrons. The summed E-state index contributed by atoms with van der Waals surface area (Å²) < 4.78 is 139. The van der Waals surface area contributed by atoms with Crippen molar-refractivity contribution in [1.82, 2.24) is 39.7 Å². The van der Waals surface area contributed by atoms with E-state index in [-0.39, 0.29) is 47.1 Å². The van der Waals surface area contributed by atoms with Crippen molar-refractivity contribution in [3.8, 4) is 11.1 Å². The van der Waals surface area contributed by atoms with Gasteiger partial charge in [-0.3, -0.25) is 18.9 Å². The van der Waals surface area contributed by atoms with Gasteiger partial charge in [-0.1, -0.05) is 23.5 Å². The molecule has 6 heterocycles. The van der Waals surface area contributed by atoms with E-state index in [1.54, 1.807) is 36.2 Å². The zero-order valence-electron chi connectivity index (χ0n) is 37.7. The molecule has 2 N–H and O–H groups in total. The first-order valence-corrected chi connectivity index (χ1v) is 24.8. The van der Waals surface area contributed by atoms with Crippen LogP contribution in [-0.4, -0.2) is 92.9 Å². The van der Waals surface area contributed by atoms with Gasteiger partial charge >= 0.3 is 12.3 Å². The number of likely N-dealkylation sites (tertiary alicyclic amines) is 1. The molecule has 1 saturated carbocycles. The molecule has 0 bridgehead atoms. The van der Waals surface area contributed by atoms with Crippen LogP contribution >= 0.6 is 11.3 Å². The van der Waals surface area contributed by atoms with Crippen LogP contribution < -0.4 is 14.9 Å². The highest BCUT2D eigenvalue weighted by atomic mass is 32.2. The van der Waals surface area contributed by atoms with Crippen molar-refractivity contribution >= 4 is 65.6 Å². The SMILES string of the molecule is Cn1nc(NS(C)(=O)=O)c2cccc(-c3cc4sc(N5CCC6(CC5)CN(C(=O)OC(C)(C)C)C6)nc4nc3[C@H](Cc3cc(F)cc(F)c3)NC(=O)Cn3nc(C(F)(F)F)c4c3C(F)(F)[C@@H]3C[C@H]43)c21. The molecular formula is C45H45F7N10O5S2. The third-order valence-electron chi connectivity index (χ3n) is 13.2. The van der Waals surface area contributed by atoms with E-state index in [1.807, 2.05) is 20.8 Å². The van der Waals surface area contributed by atoms with E-state index < -0.39 is 86.6 Å². The van der Waals surface area contributed by atoms with Crippen LogP contribution in [0.15, 0.2) is 42.5 Å². The Bertz CT molecular complexity index is 3180. The maximum Gasteiger partial charge on any atom is 0.435 e. The Balaban J connectivity index is 1.05.